The Balaban J connectivity index is 2.36. The zero-order valence-electron chi connectivity index (χ0n) is 14.5. The average Bonchev–Trinajstić information content (AvgIpc) is 2.70. The van der Waals surface area contributed by atoms with E-state index >= 15 is 0 Å². The molecule has 2 aromatic carbocycles. The van der Waals surface area contributed by atoms with E-state index in [-0.39, 0.29) is 16.8 Å². The first-order chi connectivity index (χ1) is 13.0. The molecular weight excluding hydrogens is 348 g/mol. The lowest BCUT2D eigenvalue weighted by atomic mass is 10.0. The molecule has 27 heavy (non-hydrogen) atoms. The van der Waals surface area contributed by atoms with Crippen LogP contribution in [0.4, 0.5) is 5.69 Å². The third-order valence-corrected chi connectivity index (χ3v) is 3.54. The van der Waals surface area contributed by atoms with Gasteiger partial charge >= 0.3 is 0 Å². The first kappa shape index (κ1) is 19.4. The number of nitro benzene ring substituents is 1. The van der Waals surface area contributed by atoms with Gasteiger partial charge in [-0.15, -0.1) is 0 Å². The van der Waals surface area contributed by atoms with Crippen molar-refractivity contribution in [3.8, 4) is 17.6 Å². The van der Waals surface area contributed by atoms with Gasteiger partial charge in [0.1, 0.15) is 18.2 Å². The van der Waals surface area contributed by atoms with Crippen molar-refractivity contribution in [1.82, 2.24) is 0 Å². The van der Waals surface area contributed by atoms with Crippen LogP contribution in [0.5, 0.6) is 11.5 Å². The number of methoxy groups -OCH3 is 1. The largest absolute Gasteiger partial charge is 0.493 e. The second-order valence-corrected chi connectivity index (χ2v) is 5.32. The van der Waals surface area contributed by atoms with Crippen LogP contribution < -0.4 is 9.47 Å². The summed E-state index contributed by atoms with van der Waals surface area (Å²) in [5.41, 5.74) is 0.240. The molecule has 0 aliphatic heterocycles. The number of benzene rings is 2. The van der Waals surface area contributed by atoms with E-state index in [1.54, 1.807) is 24.3 Å². The van der Waals surface area contributed by atoms with Gasteiger partial charge in [-0.05, 0) is 23.8 Å². The Labute approximate surface area is 155 Å². The summed E-state index contributed by atoms with van der Waals surface area (Å²) in [6.07, 6.45) is 2.99. The molecule has 0 aromatic heterocycles. The summed E-state index contributed by atoms with van der Waals surface area (Å²) < 4.78 is 10.7. The van der Waals surface area contributed by atoms with Gasteiger partial charge in [0.05, 0.1) is 12.0 Å². The lowest BCUT2D eigenvalue weighted by molar-refractivity contribution is -0.384. The van der Waals surface area contributed by atoms with E-state index in [0.29, 0.717) is 23.7 Å². The van der Waals surface area contributed by atoms with Gasteiger partial charge in [0.25, 0.3) is 5.69 Å². The number of nitrogens with zero attached hydrogens (tertiary/aromatic N) is 2. The monoisotopic (exact) mass is 364 g/mol. The van der Waals surface area contributed by atoms with E-state index in [0.717, 1.165) is 6.07 Å². The number of rotatable bonds is 8. The molecule has 2 aromatic rings. The minimum Gasteiger partial charge on any atom is -0.493 e. The van der Waals surface area contributed by atoms with Crippen LogP contribution in [0, 0.1) is 21.4 Å². The lowest BCUT2D eigenvalue weighted by Gasteiger charge is -2.10. The molecule has 0 spiro atoms. The Bertz CT molecular complexity index is 957. The van der Waals surface area contributed by atoms with Crippen molar-refractivity contribution in [1.29, 1.82) is 5.26 Å². The second-order valence-electron chi connectivity index (χ2n) is 5.32. The fourth-order valence-electron chi connectivity index (χ4n) is 2.27. The first-order valence-electron chi connectivity index (χ1n) is 7.82. The Kier molecular flexibility index (Phi) is 6.44. The highest BCUT2D eigenvalue weighted by Crippen LogP contribution is 2.29. The number of hydrogen-bond donors (Lipinski definition) is 0. The van der Waals surface area contributed by atoms with Crippen LogP contribution in [0.15, 0.2) is 60.7 Å². The molecule has 0 saturated carbocycles. The van der Waals surface area contributed by atoms with Crippen molar-refractivity contribution in [3.63, 3.8) is 0 Å². The van der Waals surface area contributed by atoms with Gasteiger partial charge in [0.15, 0.2) is 11.5 Å². The van der Waals surface area contributed by atoms with Gasteiger partial charge in [-0.1, -0.05) is 30.9 Å². The molecule has 0 heterocycles. The molecule has 0 aliphatic rings. The Morgan fingerprint density at radius 1 is 1.30 bits per heavy atom. The van der Waals surface area contributed by atoms with Crippen molar-refractivity contribution in [2.45, 2.75) is 0 Å². The van der Waals surface area contributed by atoms with E-state index in [2.05, 4.69) is 6.58 Å². The van der Waals surface area contributed by atoms with Crippen LogP contribution in [0.1, 0.15) is 15.9 Å². The SMILES string of the molecule is C=CCOc1ccc(/C=C(\C#N)C(=O)c2cccc([N+](=O)[O-])c2)cc1OC. The highest BCUT2D eigenvalue weighted by atomic mass is 16.6. The van der Waals surface area contributed by atoms with Crippen LogP contribution >= 0.6 is 0 Å². The number of Topliss-reactive ketones (excluding diaryl/α,β-unsaturated/α-hetero) is 1. The van der Waals surface area contributed by atoms with Gasteiger partial charge in [-0.25, -0.2) is 0 Å². The van der Waals surface area contributed by atoms with Gasteiger partial charge < -0.3 is 9.47 Å². The topological polar surface area (TPSA) is 102 Å². The number of hydrogen-bond acceptors (Lipinski definition) is 6. The second kappa shape index (κ2) is 8.97. The molecule has 0 saturated heterocycles. The predicted octanol–water partition coefficient (Wildman–Crippen LogP) is 3.96. The van der Waals surface area contributed by atoms with Crippen molar-refractivity contribution in [2.24, 2.45) is 0 Å². The molecule has 7 nitrogen and oxygen atoms in total. The third-order valence-electron chi connectivity index (χ3n) is 3.54. The molecule has 0 atom stereocenters. The number of carbonyl (C=O) groups is 1. The van der Waals surface area contributed by atoms with Gasteiger partial charge in [-0.2, -0.15) is 5.26 Å². The van der Waals surface area contributed by atoms with E-state index in [1.165, 1.54) is 31.4 Å². The van der Waals surface area contributed by atoms with Crippen LogP contribution in [-0.2, 0) is 0 Å². The van der Waals surface area contributed by atoms with Crippen LogP contribution in [0.25, 0.3) is 6.08 Å². The van der Waals surface area contributed by atoms with Crippen LogP contribution in [0.3, 0.4) is 0 Å². The number of ether oxygens (including phenoxy) is 2. The number of non-ortho nitro benzene ring substituents is 1. The first-order valence-corrected chi connectivity index (χ1v) is 7.82. The number of carbonyl (C=O) groups excluding carboxylic acids is 1. The minimum absolute atomic E-state index is 0.0647. The number of allylic oxidation sites excluding steroid dienone is 1. The quantitative estimate of drug-likeness (QED) is 0.175. The summed E-state index contributed by atoms with van der Waals surface area (Å²) in [7, 11) is 1.48. The molecule has 0 amide bonds. The smallest absolute Gasteiger partial charge is 0.270 e. The standard InChI is InChI=1S/C20H16N2O5/c1-3-9-27-18-8-7-14(11-19(18)26-2)10-16(13-21)20(23)15-5-4-6-17(12-15)22(24)25/h3-8,10-12H,1,9H2,2H3/b16-10+. The maximum atomic E-state index is 12.5. The Morgan fingerprint density at radius 2 is 2.07 bits per heavy atom. The maximum absolute atomic E-state index is 12.5. The minimum atomic E-state index is -0.604. The van der Waals surface area contributed by atoms with Crippen molar-refractivity contribution in [3.05, 3.63) is 81.9 Å². The number of ketones is 1. The van der Waals surface area contributed by atoms with E-state index in [9.17, 15) is 20.2 Å². The molecule has 0 fully saturated rings. The van der Waals surface area contributed by atoms with Crippen LogP contribution in [0.2, 0.25) is 0 Å². The Morgan fingerprint density at radius 3 is 2.70 bits per heavy atom. The van der Waals surface area contributed by atoms with Gasteiger partial charge in [-0.3, -0.25) is 14.9 Å². The summed E-state index contributed by atoms with van der Waals surface area (Å²) in [6.45, 7) is 3.88. The molecule has 2 rings (SSSR count). The van der Waals surface area contributed by atoms with Gasteiger partial charge in [0.2, 0.25) is 5.78 Å². The van der Waals surface area contributed by atoms with Gasteiger partial charge in [0, 0.05) is 17.7 Å². The Hall–Kier alpha value is -3.92. The average molecular weight is 364 g/mol. The summed E-state index contributed by atoms with van der Waals surface area (Å²) in [5.74, 6) is 0.330. The maximum Gasteiger partial charge on any atom is 0.270 e. The van der Waals surface area contributed by atoms with E-state index in [4.69, 9.17) is 9.47 Å². The highest BCUT2D eigenvalue weighted by Gasteiger charge is 2.16. The third kappa shape index (κ3) is 4.80. The molecular formula is C20H16N2O5. The summed E-state index contributed by atoms with van der Waals surface area (Å²) >= 11 is 0. The van der Waals surface area contributed by atoms with Crippen molar-refractivity contribution < 1.29 is 19.2 Å². The fourth-order valence-corrected chi connectivity index (χ4v) is 2.27. The summed E-state index contributed by atoms with van der Waals surface area (Å²) in [4.78, 5) is 22.8. The lowest BCUT2D eigenvalue weighted by Crippen LogP contribution is -2.03. The summed E-state index contributed by atoms with van der Waals surface area (Å²) in [6, 6.07) is 12.0. The number of nitro groups is 1. The fraction of sp³-hybridized carbons (Fsp3) is 0.100. The molecule has 0 N–H and O–H groups in total. The molecule has 0 aliphatic carbocycles. The van der Waals surface area contributed by atoms with Crippen molar-refractivity contribution >= 4 is 17.5 Å². The molecule has 0 unspecified atom stereocenters. The number of nitriles is 1. The molecule has 0 radical (unpaired) electrons. The van der Waals surface area contributed by atoms with E-state index in [1.807, 2.05) is 6.07 Å². The predicted molar refractivity (Wildman–Crippen MR) is 99.7 cm³/mol. The van der Waals surface area contributed by atoms with Crippen LogP contribution in [-0.4, -0.2) is 24.4 Å². The molecule has 0 bridgehead atoms. The molecule has 136 valence electrons. The van der Waals surface area contributed by atoms with E-state index < -0.39 is 10.7 Å². The molecule has 7 heteroatoms. The normalized spacial score (nSPS) is 10.6. The zero-order chi connectivity index (χ0) is 19.8. The zero-order valence-corrected chi connectivity index (χ0v) is 14.5. The van der Waals surface area contributed by atoms with Crippen molar-refractivity contribution in [2.75, 3.05) is 13.7 Å². The highest BCUT2D eigenvalue weighted by molar-refractivity contribution is 6.14. The summed E-state index contributed by atoms with van der Waals surface area (Å²) in [5, 5.41) is 20.2.